The van der Waals surface area contributed by atoms with E-state index in [0.29, 0.717) is 6.42 Å². The molecule has 3 nitrogen and oxygen atoms in total. The van der Waals surface area contributed by atoms with Gasteiger partial charge >= 0.3 is 0 Å². The van der Waals surface area contributed by atoms with Gasteiger partial charge in [0.25, 0.3) is 0 Å². The van der Waals surface area contributed by atoms with Gasteiger partial charge in [-0.05, 0) is 48.7 Å². The van der Waals surface area contributed by atoms with E-state index in [0.717, 1.165) is 16.8 Å². The highest BCUT2D eigenvalue weighted by Gasteiger charge is 2.13. The van der Waals surface area contributed by atoms with Gasteiger partial charge in [0.1, 0.15) is 5.82 Å². The van der Waals surface area contributed by atoms with E-state index in [1.165, 1.54) is 6.07 Å². The number of aryl methyl sites for hydroxylation is 1. The molecule has 0 bridgehead atoms. The Morgan fingerprint density at radius 3 is 2.79 bits per heavy atom. The van der Waals surface area contributed by atoms with E-state index in [9.17, 15) is 4.39 Å². The number of pyridine rings is 1. The van der Waals surface area contributed by atoms with Crippen LogP contribution in [0.2, 0.25) is 5.02 Å². The van der Waals surface area contributed by atoms with Gasteiger partial charge in [-0.2, -0.15) is 0 Å². The van der Waals surface area contributed by atoms with Crippen molar-refractivity contribution < 1.29 is 4.39 Å². The molecule has 0 aliphatic heterocycles. The summed E-state index contributed by atoms with van der Waals surface area (Å²) in [6, 6.07) is 8.41. The van der Waals surface area contributed by atoms with E-state index < -0.39 is 5.82 Å². The van der Waals surface area contributed by atoms with Gasteiger partial charge in [0.05, 0.1) is 16.8 Å². The fourth-order valence-electron chi connectivity index (χ4n) is 1.90. The van der Waals surface area contributed by atoms with Crippen molar-refractivity contribution in [3.8, 4) is 0 Å². The zero-order valence-corrected chi connectivity index (χ0v) is 11.3. The van der Waals surface area contributed by atoms with Crippen LogP contribution in [0.4, 0.5) is 4.39 Å². The Hall–Kier alpha value is -1.49. The molecular weight excluding hydrogens is 265 g/mol. The lowest BCUT2D eigenvalue weighted by atomic mass is 10.0. The second-order valence-corrected chi connectivity index (χ2v) is 4.84. The molecule has 0 saturated heterocycles. The van der Waals surface area contributed by atoms with Crippen molar-refractivity contribution in [1.82, 2.24) is 10.4 Å². The van der Waals surface area contributed by atoms with Crippen LogP contribution in [0.1, 0.15) is 22.9 Å². The minimum atomic E-state index is -0.420. The number of nitrogens with zero attached hydrogens (tertiary/aromatic N) is 1. The molecule has 2 aromatic rings. The molecule has 1 unspecified atom stereocenters. The largest absolute Gasteiger partial charge is 0.271 e. The predicted molar refractivity (Wildman–Crippen MR) is 74.2 cm³/mol. The Kier molecular flexibility index (Phi) is 4.47. The summed E-state index contributed by atoms with van der Waals surface area (Å²) >= 11 is 5.77. The number of nitrogens with two attached hydrogens (primary N) is 1. The van der Waals surface area contributed by atoms with Crippen molar-refractivity contribution in [1.29, 1.82) is 0 Å². The molecule has 3 N–H and O–H groups in total. The molecule has 1 aromatic carbocycles. The normalized spacial score (nSPS) is 12.4. The summed E-state index contributed by atoms with van der Waals surface area (Å²) in [4.78, 5) is 4.30. The molecule has 1 heterocycles. The van der Waals surface area contributed by atoms with Gasteiger partial charge in [-0.3, -0.25) is 16.3 Å². The molecular formula is C14H15ClFN3. The number of hydrazine groups is 1. The maximum Gasteiger partial charge on any atom is 0.141 e. The van der Waals surface area contributed by atoms with Crippen LogP contribution in [-0.4, -0.2) is 4.98 Å². The highest BCUT2D eigenvalue weighted by molar-refractivity contribution is 6.30. The average Bonchev–Trinajstić information content (AvgIpc) is 2.40. The summed E-state index contributed by atoms with van der Waals surface area (Å²) in [6.07, 6.45) is 2.33. The lowest BCUT2D eigenvalue weighted by Gasteiger charge is -2.16. The van der Waals surface area contributed by atoms with Crippen LogP contribution in [-0.2, 0) is 6.42 Å². The maximum atomic E-state index is 13.1. The monoisotopic (exact) mass is 279 g/mol. The van der Waals surface area contributed by atoms with Crippen LogP contribution in [0.5, 0.6) is 0 Å². The molecule has 0 saturated carbocycles. The van der Waals surface area contributed by atoms with Crippen LogP contribution in [0.3, 0.4) is 0 Å². The van der Waals surface area contributed by atoms with E-state index >= 15 is 0 Å². The third-order valence-electron chi connectivity index (χ3n) is 2.92. The number of benzene rings is 1. The zero-order valence-electron chi connectivity index (χ0n) is 10.5. The minimum Gasteiger partial charge on any atom is -0.271 e. The molecule has 0 amide bonds. The summed E-state index contributed by atoms with van der Waals surface area (Å²) < 4.78 is 13.1. The number of hydrogen-bond acceptors (Lipinski definition) is 3. The topological polar surface area (TPSA) is 50.9 Å². The van der Waals surface area contributed by atoms with Crippen LogP contribution >= 0.6 is 11.6 Å². The molecule has 0 spiro atoms. The van der Waals surface area contributed by atoms with E-state index in [1.54, 1.807) is 18.3 Å². The van der Waals surface area contributed by atoms with Crippen LogP contribution in [0.15, 0.2) is 36.5 Å². The molecule has 5 heteroatoms. The fraction of sp³-hybridized carbons (Fsp3) is 0.214. The zero-order chi connectivity index (χ0) is 13.8. The lowest BCUT2D eigenvalue weighted by Crippen LogP contribution is -2.30. The Bertz CT molecular complexity index is 574. The Balaban J connectivity index is 2.21. The first-order chi connectivity index (χ1) is 9.10. The first kappa shape index (κ1) is 13.9. The number of halogens is 2. The molecule has 19 heavy (non-hydrogen) atoms. The molecule has 100 valence electrons. The van der Waals surface area contributed by atoms with Gasteiger partial charge in [0.15, 0.2) is 0 Å². The van der Waals surface area contributed by atoms with Gasteiger partial charge < -0.3 is 0 Å². The van der Waals surface area contributed by atoms with Crippen molar-refractivity contribution in [2.24, 2.45) is 5.84 Å². The first-order valence-corrected chi connectivity index (χ1v) is 6.30. The molecule has 1 aromatic heterocycles. The highest BCUT2D eigenvalue weighted by atomic mass is 35.5. The van der Waals surface area contributed by atoms with Crippen LogP contribution < -0.4 is 11.3 Å². The average molecular weight is 280 g/mol. The standard InChI is InChI=1S/C14H15ClFN3/c1-9-4-5-18-13(6-9)14(19-17)8-10-2-3-12(16)11(15)7-10/h2-7,14,19H,8,17H2,1H3. The highest BCUT2D eigenvalue weighted by Crippen LogP contribution is 2.21. The molecule has 1 atom stereocenters. The Morgan fingerprint density at radius 2 is 2.16 bits per heavy atom. The Labute approximate surface area is 116 Å². The summed E-state index contributed by atoms with van der Waals surface area (Å²) in [5, 5.41) is 0.116. The summed E-state index contributed by atoms with van der Waals surface area (Å²) in [6.45, 7) is 1.99. The third-order valence-corrected chi connectivity index (χ3v) is 3.21. The number of aromatic nitrogens is 1. The fourth-order valence-corrected chi connectivity index (χ4v) is 2.10. The van der Waals surface area contributed by atoms with Gasteiger partial charge in [-0.1, -0.05) is 17.7 Å². The van der Waals surface area contributed by atoms with E-state index in [2.05, 4.69) is 10.4 Å². The molecule has 0 aliphatic rings. The van der Waals surface area contributed by atoms with Crippen molar-refractivity contribution in [3.63, 3.8) is 0 Å². The maximum absolute atomic E-state index is 13.1. The van der Waals surface area contributed by atoms with Gasteiger partial charge in [-0.25, -0.2) is 4.39 Å². The molecule has 2 rings (SSSR count). The quantitative estimate of drug-likeness (QED) is 0.668. The Morgan fingerprint density at radius 1 is 1.37 bits per heavy atom. The molecule has 0 radical (unpaired) electrons. The first-order valence-electron chi connectivity index (χ1n) is 5.92. The van der Waals surface area contributed by atoms with E-state index in [-0.39, 0.29) is 11.1 Å². The number of hydrogen-bond donors (Lipinski definition) is 2. The van der Waals surface area contributed by atoms with E-state index in [1.807, 2.05) is 19.1 Å². The van der Waals surface area contributed by atoms with Gasteiger partial charge in [0.2, 0.25) is 0 Å². The second-order valence-electron chi connectivity index (χ2n) is 4.43. The number of rotatable bonds is 4. The molecule has 0 aliphatic carbocycles. The number of nitrogens with one attached hydrogen (secondary N) is 1. The predicted octanol–water partition coefficient (Wildman–Crippen LogP) is 2.93. The summed E-state index contributed by atoms with van der Waals surface area (Å²) in [5.74, 6) is 5.15. The minimum absolute atomic E-state index is 0.116. The summed E-state index contributed by atoms with van der Waals surface area (Å²) in [7, 11) is 0. The van der Waals surface area contributed by atoms with Crippen LogP contribution in [0, 0.1) is 12.7 Å². The molecule has 0 fully saturated rings. The lowest BCUT2D eigenvalue weighted by molar-refractivity contribution is 0.537. The van der Waals surface area contributed by atoms with Crippen LogP contribution in [0.25, 0.3) is 0 Å². The van der Waals surface area contributed by atoms with Gasteiger partial charge in [-0.15, -0.1) is 0 Å². The summed E-state index contributed by atoms with van der Waals surface area (Å²) in [5.41, 5.74) is 5.59. The third kappa shape index (κ3) is 3.50. The van der Waals surface area contributed by atoms with Gasteiger partial charge in [0, 0.05) is 6.20 Å². The van der Waals surface area contributed by atoms with E-state index in [4.69, 9.17) is 17.4 Å². The SMILES string of the molecule is Cc1ccnc(C(Cc2ccc(F)c(Cl)c2)NN)c1. The van der Waals surface area contributed by atoms with Crippen molar-refractivity contribution in [2.75, 3.05) is 0 Å². The smallest absolute Gasteiger partial charge is 0.141 e. The van der Waals surface area contributed by atoms with Crippen molar-refractivity contribution in [2.45, 2.75) is 19.4 Å². The van der Waals surface area contributed by atoms with Crippen molar-refractivity contribution in [3.05, 3.63) is 64.2 Å². The second kappa shape index (κ2) is 6.10. The van der Waals surface area contributed by atoms with Crippen molar-refractivity contribution >= 4 is 11.6 Å².